The lowest BCUT2D eigenvalue weighted by Crippen LogP contribution is -2.46. The van der Waals surface area contributed by atoms with Crippen LogP contribution in [0.3, 0.4) is 0 Å². The van der Waals surface area contributed by atoms with Gasteiger partial charge in [-0.2, -0.15) is 0 Å². The molecule has 24 heavy (non-hydrogen) atoms. The third kappa shape index (κ3) is 2.97. The van der Waals surface area contributed by atoms with E-state index in [4.69, 9.17) is 9.47 Å². The van der Waals surface area contributed by atoms with E-state index in [0.717, 1.165) is 37.6 Å². The predicted molar refractivity (Wildman–Crippen MR) is 91.5 cm³/mol. The normalized spacial score (nSPS) is 26.7. The van der Waals surface area contributed by atoms with Crippen LogP contribution in [0.15, 0.2) is 42.2 Å². The van der Waals surface area contributed by atoms with Gasteiger partial charge in [0.15, 0.2) is 0 Å². The molecule has 0 radical (unpaired) electrons. The highest BCUT2D eigenvalue weighted by molar-refractivity contribution is 6.01. The fourth-order valence-electron chi connectivity index (χ4n) is 3.73. The molecule has 1 amide bonds. The monoisotopic (exact) mass is 326 g/mol. The molecule has 4 rings (SSSR count). The number of fused-ring (bicyclic) bond motifs is 4. The molecule has 1 aromatic rings. The standard InChI is InChI=1S/C19H22N2O3/c1-20-9-14-10-21(17(11-20)13-23-12-14)19(22)16-6-7-24-18-5-3-2-4-15(18)8-16/h2-8,14,17H,9-13H2,1H3/t14-,17-/m0/s1. The summed E-state index contributed by atoms with van der Waals surface area (Å²) in [5, 5.41) is 0. The molecule has 0 aliphatic carbocycles. The van der Waals surface area contributed by atoms with Gasteiger partial charge in [-0.1, -0.05) is 18.2 Å². The zero-order chi connectivity index (χ0) is 16.5. The lowest BCUT2D eigenvalue weighted by Gasteiger charge is -2.30. The first-order valence-electron chi connectivity index (χ1n) is 8.42. The van der Waals surface area contributed by atoms with Crippen LogP contribution in [0.5, 0.6) is 5.75 Å². The number of hydrogen-bond acceptors (Lipinski definition) is 4. The molecule has 5 nitrogen and oxygen atoms in total. The molecular weight excluding hydrogens is 304 g/mol. The average Bonchev–Trinajstić information content (AvgIpc) is 2.95. The third-order valence-corrected chi connectivity index (χ3v) is 4.83. The third-order valence-electron chi connectivity index (χ3n) is 4.83. The molecular formula is C19H22N2O3. The van der Waals surface area contributed by atoms with Crippen molar-refractivity contribution in [3.05, 3.63) is 47.7 Å². The Morgan fingerprint density at radius 2 is 2.04 bits per heavy atom. The van der Waals surface area contributed by atoms with Gasteiger partial charge in [0.25, 0.3) is 5.91 Å². The fourth-order valence-corrected chi connectivity index (χ4v) is 3.73. The summed E-state index contributed by atoms with van der Waals surface area (Å²) in [6.45, 7) is 3.91. The Balaban J connectivity index is 1.64. The second-order valence-corrected chi connectivity index (χ2v) is 6.79. The molecule has 2 bridgehead atoms. The molecule has 2 atom stereocenters. The second-order valence-electron chi connectivity index (χ2n) is 6.79. The summed E-state index contributed by atoms with van der Waals surface area (Å²) in [5.74, 6) is 1.20. The van der Waals surface area contributed by atoms with Crippen LogP contribution in [0.25, 0.3) is 6.08 Å². The van der Waals surface area contributed by atoms with E-state index in [1.54, 1.807) is 12.3 Å². The van der Waals surface area contributed by atoms with E-state index in [2.05, 4.69) is 11.9 Å². The molecule has 0 saturated carbocycles. The van der Waals surface area contributed by atoms with Crippen molar-refractivity contribution in [2.24, 2.45) is 5.92 Å². The van der Waals surface area contributed by atoms with Gasteiger partial charge < -0.3 is 19.3 Å². The maximum absolute atomic E-state index is 13.2. The van der Waals surface area contributed by atoms with Crippen LogP contribution in [0.4, 0.5) is 0 Å². The highest BCUT2D eigenvalue weighted by Crippen LogP contribution is 2.27. The Morgan fingerprint density at radius 3 is 2.96 bits per heavy atom. The van der Waals surface area contributed by atoms with Gasteiger partial charge in [0.05, 0.1) is 25.5 Å². The van der Waals surface area contributed by atoms with Gasteiger partial charge in [0.2, 0.25) is 0 Å². The largest absolute Gasteiger partial charge is 0.464 e. The minimum atomic E-state index is 0.0577. The van der Waals surface area contributed by atoms with Crippen molar-refractivity contribution in [3.8, 4) is 5.75 Å². The maximum Gasteiger partial charge on any atom is 0.254 e. The zero-order valence-corrected chi connectivity index (χ0v) is 13.9. The summed E-state index contributed by atoms with van der Waals surface area (Å²) in [6.07, 6.45) is 5.28. The maximum atomic E-state index is 13.2. The van der Waals surface area contributed by atoms with Crippen molar-refractivity contribution >= 4 is 12.0 Å². The van der Waals surface area contributed by atoms with Crippen molar-refractivity contribution in [1.82, 2.24) is 9.80 Å². The number of hydrogen-bond donors (Lipinski definition) is 0. The van der Waals surface area contributed by atoms with Gasteiger partial charge in [-0.05, 0) is 25.3 Å². The van der Waals surface area contributed by atoms with Crippen LogP contribution >= 0.6 is 0 Å². The molecule has 3 heterocycles. The molecule has 5 heteroatoms. The van der Waals surface area contributed by atoms with Crippen LogP contribution in [0, 0.1) is 5.92 Å². The van der Waals surface area contributed by atoms with E-state index in [1.165, 1.54) is 0 Å². The zero-order valence-electron chi connectivity index (χ0n) is 13.9. The Hall–Kier alpha value is -2.11. The van der Waals surface area contributed by atoms with E-state index in [-0.39, 0.29) is 11.9 Å². The Morgan fingerprint density at radius 1 is 1.17 bits per heavy atom. The number of carbonyl (C=O) groups is 1. The number of para-hydroxylation sites is 1. The Kier molecular flexibility index (Phi) is 4.12. The SMILES string of the molecule is CN1C[C@@H]2COC[C@H](C1)N(C(=O)C1=Cc3ccccc3OC=C1)C2. The van der Waals surface area contributed by atoms with E-state index in [9.17, 15) is 4.79 Å². The summed E-state index contributed by atoms with van der Waals surface area (Å²) in [4.78, 5) is 17.5. The number of nitrogens with zero attached hydrogens (tertiary/aromatic N) is 2. The molecule has 0 spiro atoms. The van der Waals surface area contributed by atoms with Crippen molar-refractivity contribution in [3.63, 3.8) is 0 Å². The number of ether oxygens (including phenoxy) is 2. The summed E-state index contributed by atoms with van der Waals surface area (Å²) >= 11 is 0. The quantitative estimate of drug-likeness (QED) is 0.789. The summed E-state index contributed by atoms with van der Waals surface area (Å²) in [5.41, 5.74) is 1.59. The number of likely N-dealkylation sites (N-methyl/N-ethyl adjacent to an activating group) is 1. The first-order chi connectivity index (χ1) is 11.7. The van der Waals surface area contributed by atoms with Crippen molar-refractivity contribution in [1.29, 1.82) is 0 Å². The van der Waals surface area contributed by atoms with Gasteiger partial charge in [0, 0.05) is 36.7 Å². The summed E-state index contributed by atoms with van der Waals surface area (Å²) in [6, 6.07) is 7.86. The fraction of sp³-hybridized carbons (Fsp3) is 0.421. The van der Waals surface area contributed by atoms with Crippen LogP contribution < -0.4 is 4.74 Å². The summed E-state index contributed by atoms with van der Waals surface area (Å²) in [7, 11) is 2.12. The highest BCUT2D eigenvalue weighted by atomic mass is 16.5. The first kappa shape index (κ1) is 15.4. The average molecular weight is 326 g/mol. The Labute approximate surface area is 142 Å². The lowest BCUT2D eigenvalue weighted by molar-refractivity contribution is -0.129. The summed E-state index contributed by atoms with van der Waals surface area (Å²) < 4.78 is 11.4. The van der Waals surface area contributed by atoms with Crippen molar-refractivity contribution < 1.29 is 14.3 Å². The number of amides is 1. The second kappa shape index (κ2) is 6.42. The molecule has 126 valence electrons. The van der Waals surface area contributed by atoms with Gasteiger partial charge in [-0.15, -0.1) is 0 Å². The van der Waals surface area contributed by atoms with Gasteiger partial charge in [-0.25, -0.2) is 0 Å². The molecule has 1 aromatic carbocycles. The van der Waals surface area contributed by atoms with E-state index < -0.39 is 0 Å². The molecule has 3 aliphatic heterocycles. The van der Waals surface area contributed by atoms with Crippen LogP contribution in [-0.2, 0) is 9.53 Å². The van der Waals surface area contributed by atoms with E-state index in [1.807, 2.05) is 35.2 Å². The van der Waals surface area contributed by atoms with Gasteiger partial charge in [0.1, 0.15) is 5.75 Å². The predicted octanol–water partition coefficient (Wildman–Crippen LogP) is 1.77. The van der Waals surface area contributed by atoms with E-state index in [0.29, 0.717) is 18.1 Å². The van der Waals surface area contributed by atoms with Crippen LogP contribution in [0.2, 0.25) is 0 Å². The molecule has 0 aromatic heterocycles. The van der Waals surface area contributed by atoms with E-state index >= 15 is 0 Å². The number of rotatable bonds is 1. The topological polar surface area (TPSA) is 42.0 Å². The van der Waals surface area contributed by atoms with Gasteiger partial charge >= 0.3 is 0 Å². The number of carbonyl (C=O) groups excluding carboxylic acids is 1. The smallest absolute Gasteiger partial charge is 0.254 e. The minimum absolute atomic E-state index is 0.0577. The first-order valence-corrected chi connectivity index (χ1v) is 8.42. The lowest BCUT2D eigenvalue weighted by atomic mass is 10.1. The molecule has 0 N–H and O–H groups in total. The molecule has 2 fully saturated rings. The highest BCUT2D eigenvalue weighted by Gasteiger charge is 2.35. The molecule has 0 unspecified atom stereocenters. The van der Waals surface area contributed by atoms with Gasteiger partial charge in [-0.3, -0.25) is 4.79 Å². The van der Waals surface area contributed by atoms with Crippen molar-refractivity contribution in [2.45, 2.75) is 6.04 Å². The minimum Gasteiger partial charge on any atom is -0.464 e. The van der Waals surface area contributed by atoms with Crippen LogP contribution in [-0.4, -0.2) is 61.6 Å². The van der Waals surface area contributed by atoms with Crippen molar-refractivity contribution in [2.75, 3.05) is 39.9 Å². The molecule has 3 aliphatic rings. The van der Waals surface area contributed by atoms with Crippen LogP contribution in [0.1, 0.15) is 5.56 Å². The molecule has 2 saturated heterocycles. The number of benzene rings is 1. The Bertz CT molecular complexity index is 698.